The number of carbonyl (C=O) groups is 1. The van der Waals surface area contributed by atoms with E-state index in [9.17, 15) is 4.79 Å². The van der Waals surface area contributed by atoms with Crippen LogP contribution in [0.4, 0.5) is 0 Å². The SMILES string of the molecule is CCC(C)C(NC(C)c1ccccc1Br)C(=O)OC. The van der Waals surface area contributed by atoms with Crippen LogP contribution in [0.2, 0.25) is 0 Å². The number of nitrogens with one attached hydrogen (secondary N) is 1. The van der Waals surface area contributed by atoms with Crippen molar-refractivity contribution in [2.75, 3.05) is 7.11 Å². The third-order valence-electron chi connectivity index (χ3n) is 3.47. The van der Waals surface area contributed by atoms with E-state index >= 15 is 0 Å². The maximum absolute atomic E-state index is 11.9. The van der Waals surface area contributed by atoms with Gasteiger partial charge in [0.1, 0.15) is 6.04 Å². The molecule has 0 saturated carbocycles. The van der Waals surface area contributed by atoms with Crippen LogP contribution in [-0.4, -0.2) is 19.1 Å². The molecule has 0 aliphatic rings. The quantitative estimate of drug-likeness (QED) is 0.810. The lowest BCUT2D eigenvalue weighted by Gasteiger charge is -2.26. The molecular formula is C15H22BrNO2. The Kier molecular flexibility index (Phi) is 6.52. The van der Waals surface area contributed by atoms with Gasteiger partial charge in [0.2, 0.25) is 0 Å². The lowest BCUT2D eigenvalue weighted by Crippen LogP contribution is -2.43. The van der Waals surface area contributed by atoms with Gasteiger partial charge in [0.15, 0.2) is 0 Å². The topological polar surface area (TPSA) is 38.3 Å². The minimum atomic E-state index is -0.280. The monoisotopic (exact) mass is 327 g/mol. The van der Waals surface area contributed by atoms with E-state index in [1.165, 1.54) is 7.11 Å². The van der Waals surface area contributed by atoms with Gasteiger partial charge in [0.25, 0.3) is 0 Å². The largest absolute Gasteiger partial charge is 0.468 e. The average molecular weight is 328 g/mol. The van der Waals surface area contributed by atoms with Crippen molar-refractivity contribution < 1.29 is 9.53 Å². The summed E-state index contributed by atoms with van der Waals surface area (Å²) in [7, 11) is 1.43. The lowest BCUT2D eigenvalue weighted by atomic mass is 9.97. The first kappa shape index (κ1) is 16.2. The van der Waals surface area contributed by atoms with Crippen LogP contribution in [0.5, 0.6) is 0 Å². The van der Waals surface area contributed by atoms with Crippen molar-refractivity contribution in [1.29, 1.82) is 0 Å². The van der Waals surface area contributed by atoms with E-state index in [1.54, 1.807) is 0 Å². The first-order valence-corrected chi connectivity index (χ1v) is 7.38. The van der Waals surface area contributed by atoms with Gasteiger partial charge in [-0.1, -0.05) is 54.4 Å². The van der Waals surface area contributed by atoms with Crippen LogP contribution in [0.25, 0.3) is 0 Å². The summed E-state index contributed by atoms with van der Waals surface area (Å²) in [6, 6.07) is 7.82. The van der Waals surface area contributed by atoms with Crippen LogP contribution in [0.3, 0.4) is 0 Å². The number of rotatable bonds is 6. The predicted molar refractivity (Wildman–Crippen MR) is 81.0 cm³/mol. The molecule has 3 atom stereocenters. The van der Waals surface area contributed by atoms with Crippen LogP contribution >= 0.6 is 15.9 Å². The van der Waals surface area contributed by atoms with Crippen molar-refractivity contribution in [3.63, 3.8) is 0 Å². The Labute approximate surface area is 123 Å². The summed E-state index contributed by atoms with van der Waals surface area (Å²) in [4.78, 5) is 11.9. The van der Waals surface area contributed by atoms with Crippen molar-refractivity contribution in [3.05, 3.63) is 34.3 Å². The fourth-order valence-electron chi connectivity index (χ4n) is 2.01. The number of hydrogen-bond donors (Lipinski definition) is 1. The van der Waals surface area contributed by atoms with Crippen molar-refractivity contribution in [1.82, 2.24) is 5.32 Å². The highest BCUT2D eigenvalue weighted by Gasteiger charge is 2.26. The van der Waals surface area contributed by atoms with E-state index in [4.69, 9.17) is 4.74 Å². The van der Waals surface area contributed by atoms with Gasteiger partial charge in [-0.15, -0.1) is 0 Å². The van der Waals surface area contributed by atoms with Crippen molar-refractivity contribution in [3.8, 4) is 0 Å². The molecule has 0 spiro atoms. The number of halogens is 1. The second-order valence-corrected chi connectivity index (χ2v) is 5.65. The molecule has 0 saturated heterocycles. The summed E-state index contributed by atoms with van der Waals surface area (Å²) >= 11 is 3.54. The standard InChI is InChI=1S/C15H22BrNO2/c1-5-10(2)14(15(18)19-4)17-11(3)12-8-6-7-9-13(12)16/h6-11,14,17H,5H2,1-4H3. The highest BCUT2D eigenvalue weighted by atomic mass is 79.9. The molecule has 0 aliphatic carbocycles. The Morgan fingerprint density at radius 1 is 1.37 bits per heavy atom. The minimum absolute atomic E-state index is 0.0775. The molecule has 3 unspecified atom stereocenters. The number of methoxy groups -OCH3 is 1. The zero-order valence-electron chi connectivity index (χ0n) is 11.9. The van der Waals surface area contributed by atoms with E-state index < -0.39 is 0 Å². The molecule has 0 amide bonds. The van der Waals surface area contributed by atoms with Crippen LogP contribution in [0.1, 0.15) is 38.8 Å². The van der Waals surface area contributed by atoms with Crippen LogP contribution in [-0.2, 0) is 9.53 Å². The predicted octanol–water partition coefficient (Wildman–Crippen LogP) is 3.69. The Morgan fingerprint density at radius 3 is 2.53 bits per heavy atom. The molecule has 0 bridgehead atoms. The maximum atomic E-state index is 11.9. The van der Waals surface area contributed by atoms with Crippen molar-refractivity contribution in [2.45, 2.75) is 39.3 Å². The van der Waals surface area contributed by atoms with E-state index in [0.717, 1.165) is 16.5 Å². The van der Waals surface area contributed by atoms with Gasteiger partial charge in [-0.3, -0.25) is 10.1 Å². The fourth-order valence-corrected chi connectivity index (χ4v) is 2.64. The summed E-state index contributed by atoms with van der Waals surface area (Å²) in [5, 5.41) is 3.37. The summed E-state index contributed by atoms with van der Waals surface area (Å²) < 4.78 is 5.93. The molecule has 0 heterocycles. The maximum Gasteiger partial charge on any atom is 0.323 e. The Balaban J connectivity index is 2.85. The van der Waals surface area contributed by atoms with Crippen molar-refractivity contribution in [2.24, 2.45) is 5.92 Å². The number of ether oxygens (including phenoxy) is 1. The van der Waals surface area contributed by atoms with Gasteiger partial charge < -0.3 is 4.74 Å². The summed E-state index contributed by atoms with van der Waals surface area (Å²) in [5.74, 6) is 0.0330. The summed E-state index contributed by atoms with van der Waals surface area (Å²) in [6.07, 6.45) is 0.926. The minimum Gasteiger partial charge on any atom is -0.468 e. The van der Waals surface area contributed by atoms with E-state index in [2.05, 4.69) is 42.0 Å². The van der Waals surface area contributed by atoms with E-state index in [-0.39, 0.29) is 24.0 Å². The highest BCUT2D eigenvalue weighted by Crippen LogP contribution is 2.24. The molecule has 4 heteroatoms. The van der Waals surface area contributed by atoms with Gasteiger partial charge >= 0.3 is 5.97 Å². The number of carbonyl (C=O) groups excluding carboxylic acids is 1. The number of benzene rings is 1. The van der Waals surface area contributed by atoms with Crippen LogP contribution in [0.15, 0.2) is 28.7 Å². The first-order chi connectivity index (χ1) is 9.01. The van der Waals surface area contributed by atoms with Crippen molar-refractivity contribution >= 4 is 21.9 Å². The van der Waals surface area contributed by atoms with E-state index in [1.807, 2.05) is 24.3 Å². The smallest absolute Gasteiger partial charge is 0.323 e. The molecule has 0 aliphatic heterocycles. The highest BCUT2D eigenvalue weighted by molar-refractivity contribution is 9.10. The van der Waals surface area contributed by atoms with Gasteiger partial charge in [-0.2, -0.15) is 0 Å². The molecule has 0 radical (unpaired) electrons. The zero-order valence-corrected chi connectivity index (χ0v) is 13.5. The van der Waals surface area contributed by atoms with Crippen LogP contribution < -0.4 is 5.32 Å². The molecule has 106 valence electrons. The first-order valence-electron chi connectivity index (χ1n) is 6.59. The molecule has 19 heavy (non-hydrogen) atoms. The fraction of sp³-hybridized carbons (Fsp3) is 0.533. The third kappa shape index (κ3) is 4.32. The van der Waals surface area contributed by atoms with Gasteiger partial charge in [0, 0.05) is 10.5 Å². The molecule has 1 aromatic carbocycles. The molecule has 1 N–H and O–H groups in total. The summed E-state index contributed by atoms with van der Waals surface area (Å²) in [6.45, 7) is 6.19. The molecule has 3 nitrogen and oxygen atoms in total. The molecule has 0 fully saturated rings. The van der Waals surface area contributed by atoms with Gasteiger partial charge in [-0.25, -0.2) is 0 Å². The number of hydrogen-bond acceptors (Lipinski definition) is 3. The zero-order chi connectivity index (χ0) is 14.4. The second kappa shape index (κ2) is 7.65. The molecule has 1 rings (SSSR count). The van der Waals surface area contributed by atoms with Gasteiger partial charge in [0.05, 0.1) is 7.11 Å². The average Bonchev–Trinajstić information content (AvgIpc) is 2.43. The Hall–Kier alpha value is -0.870. The second-order valence-electron chi connectivity index (χ2n) is 4.80. The lowest BCUT2D eigenvalue weighted by molar-refractivity contribution is -0.144. The Morgan fingerprint density at radius 2 is 2.00 bits per heavy atom. The van der Waals surface area contributed by atoms with Crippen LogP contribution in [0, 0.1) is 5.92 Å². The Bertz CT molecular complexity index is 422. The van der Waals surface area contributed by atoms with Gasteiger partial charge in [-0.05, 0) is 24.5 Å². The molecular weight excluding hydrogens is 306 g/mol. The normalized spacial score (nSPS) is 15.6. The molecule has 0 aromatic heterocycles. The molecule has 1 aromatic rings. The summed E-state index contributed by atoms with van der Waals surface area (Å²) in [5.41, 5.74) is 1.14. The number of esters is 1. The third-order valence-corrected chi connectivity index (χ3v) is 4.19. The van der Waals surface area contributed by atoms with E-state index in [0.29, 0.717) is 0 Å².